The van der Waals surface area contributed by atoms with Crippen LogP contribution in [-0.4, -0.2) is 26.8 Å². The molecule has 1 aromatic heterocycles. The first-order valence-corrected chi connectivity index (χ1v) is 8.66. The van der Waals surface area contributed by atoms with Gasteiger partial charge in [-0.2, -0.15) is 0 Å². The Morgan fingerprint density at radius 3 is 2.76 bits per heavy atom. The summed E-state index contributed by atoms with van der Waals surface area (Å²) in [7, 11) is 0. The fourth-order valence-electron chi connectivity index (χ4n) is 2.93. The number of aromatic nitrogens is 2. The lowest BCUT2D eigenvalue weighted by Gasteiger charge is -2.34. The zero-order valence-corrected chi connectivity index (χ0v) is 15.6. The highest BCUT2D eigenvalue weighted by atomic mass is 35.5. The van der Waals surface area contributed by atoms with Gasteiger partial charge in [-0.1, -0.05) is 32.4 Å². The quantitative estimate of drug-likeness (QED) is 0.807. The first-order valence-electron chi connectivity index (χ1n) is 8.28. The second-order valence-corrected chi connectivity index (χ2v) is 7.93. The van der Waals surface area contributed by atoms with Crippen LogP contribution in [-0.2, 0) is 18.4 Å². The summed E-state index contributed by atoms with van der Waals surface area (Å²) in [6.07, 6.45) is 2.25. The molecule has 0 saturated carbocycles. The smallest absolute Gasteiger partial charge is 0.257 e. The molecule has 3 rings (SSSR count). The van der Waals surface area contributed by atoms with E-state index < -0.39 is 0 Å². The zero-order chi connectivity index (χ0) is 18.4. The number of carbonyl (C=O) groups is 1. The van der Waals surface area contributed by atoms with Crippen molar-refractivity contribution in [3.05, 3.63) is 57.9 Å². The first kappa shape index (κ1) is 17.8. The van der Waals surface area contributed by atoms with E-state index in [-0.39, 0.29) is 29.7 Å². The zero-order valence-electron chi connectivity index (χ0n) is 14.8. The minimum atomic E-state index is -0.366. The van der Waals surface area contributed by atoms with Gasteiger partial charge in [0, 0.05) is 35.6 Å². The molecule has 0 aliphatic carbocycles. The average molecular weight is 362 g/mol. The molecule has 1 atom stereocenters. The highest BCUT2D eigenvalue weighted by molar-refractivity contribution is 6.31. The molecule has 1 aliphatic rings. The van der Waals surface area contributed by atoms with Crippen LogP contribution >= 0.6 is 11.6 Å². The Balaban J connectivity index is 1.93. The molecule has 1 amide bonds. The summed E-state index contributed by atoms with van der Waals surface area (Å²) < 4.78 is 13.5. The molecule has 0 fully saturated rings. The maximum Gasteiger partial charge on any atom is 0.257 e. The maximum absolute atomic E-state index is 13.5. The Bertz CT molecular complexity index is 832. The average Bonchev–Trinajstić information content (AvgIpc) is 2.53. The van der Waals surface area contributed by atoms with Gasteiger partial charge in [-0.3, -0.25) is 4.79 Å². The Labute approximate surface area is 152 Å². The van der Waals surface area contributed by atoms with E-state index in [1.165, 1.54) is 18.2 Å². The van der Waals surface area contributed by atoms with Crippen molar-refractivity contribution in [3.63, 3.8) is 0 Å². The Morgan fingerprint density at radius 2 is 2.08 bits per heavy atom. The molecular formula is C19H21ClFN3O. The van der Waals surface area contributed by atoms with Crippen LogP contribution in [0.2, 0.25) is 5.02 Å². The highest BCUT2D eigenvalue weighted by Gasteiger charge is 2.32. The minimum Gasteiger partial charge on any atom is -0.331 e. The van der Waals surface area contributed by atoms with E-state index in [0.717, 1.165) is 11.5 Å². The largest absolute Gasteiger partial charge is 0.331 e. The standard InChI is InChI=1S/C19H21ClFN3O/c1-11-7-16-14(9-22-18(23-16)19(2,3)4)17(25)24(11)10-12-8-13(21)5-6-15(12)20/h5-6,8-9,11H,7,10H2,1-4H3/t11-/m1/s1. The number of benzene rings is 1. The lowest BCUT2D eigenvalue weighted by molar-refractivity contribution is 0.0645. The van der Waals surface area contributed by atoms with E-state index >= 15 is 0 Å². The van der Waals surface area contributed by atoms with E-state index in [9.17, 15) is 9.18 Å². The number of hydrogen-bond donors (Lipinski definition) is 0. The molecule has 4 nitrogen and oxygen atoms in total. The monoisotopic (exact) mass is 361 g/mol. The van der Waals surface area contributed by atoms with Crippen LogP contribution in [0.4, 0.5) is 4.39 Å². The summed E-state index contributed by atoms with van der Waals surface area (Å²) in [5, 5.41) is 0.450. The third kappa shape index (κ3) is 3.52. The Morgan fingerprint density at radius 1 is 1.36 bits per heavy atom. The minimum absolute atomic E-state index is 0.0537. The molecule has 0 unspecified atom stereocenters. The van der Waals surface area contributed by atoms with Crippen LogP contribution in [0.15, 0.2) is 24.4 Å². The number of halogens is 2. The highest BCUT2D eigenvalue weighted by Crippen LogP contribution is 2.28. The second-order valence-electron chi connectivity index (χ2n) is 7.53. The van der Waals surface area contributed by atoms with Crippen molar-refractivity contribution in [1.29, 1.82) is 0 Å². The van der Waals surface area contributed by atoms with Crippen LogP contribution in [0.3, 0.4) is 0 Å². The number of hydrogen-bond acceptors (Lipinski definition) is 3. The molecule has 0 N–H and O–H groups in total. The molecule has 1 aromatic carbocycles. The lowest BCUT2D eigenvalue weighted by atomic mass is 9.94. The van der Waals surface area contributed by atoms with Crippen LogP contribution in [0.5, 0.6) is 0 Å². The molecule has 25 heavy (non-hydrogen) atoms. The van der Waals surface area contributed by atoms with Gasteiger partial charge in [-0.25, -0.2) is 14.4 Å². The number of amides is 1. The fourth-order valence-corrected chi connectivity index (χ4v) is 3.11. The predicted octanol–water partition coefficient (Wildman–Crippen LogP) is 4.15. The lowest BCUT2D eigenvalue weighted by Crippen LogP contribution is -2.44. The molecule has 0 spiro atoms. The van der Waals surface area contributed by atoms with Gasteiger partial charge in [-0.05, 0) is 30.7 Å². The molecule has 0 bridgehead atoms. The Hall–Kier alpha value is -2.01. The van der Waals surface area contributed by atoms with Crippen LogP contribution < -0.4 is 0 Å². The summed E-state index contributed by atoms with van der Waals surface area (Å²) in [5.74, 6) is 0.220. The van der Waals surface area contributed by atoms with Gasteiger partial charge in [0.05, 0.1) is 11.3 Å². The topological polar surface area (TPSA) is 46.1 Å². The van der Waals surface area contributed by atoms with Crippen molar-refractivity contribution in [3.8, 4) is 0 Å². The summed E-state index contributed by atoms with van der Waals surface area (Å²) in [6, 6.07) is 4.14. The van der Waals surface area contributed by atoms with Gasteiger partial charge in [0.15, 0.2) is 0 Å². The molecule has 2 aromatic rings. The summed E-state index contributed by atoms with van der Waals surface area (Å²) in [4.78, 5) is 23.6. The van der Waals surface area contributed by atoms with Crippen molar-refractivity contribution in [2.45, 2.75) is 52.1 Å². The number of carbonyl (C=O) groups excluding carboxylic acids is 1. The van der Waals surface area contributed by atoms with E-state index in [2.05, 4.69) is 9.97 Å². The SMILES string of the molecule is C[C@@H]1Cc2nc(C(C)(C)C)ncc2C(=O)N1Cc1cc(F)ccc1Cl. The van der Waals surface area contributed by atoms with Crippen molar-refractivity contribution in [2.24, 2.45) is 0 Å². The van der Waals surface area contributed by atoms with Gasteiger partial charge in [0.25, 0.3) is 5.91 Å². The summed E-state index contributed by atoms with van der Waals surface area (Å²) in [5.41, 5.74) is 1.71. The van der Waals surface area contributed by atoms with Crippen molar-refractivity contribution >= 4 is 17.5 Å². The van der Waals surface area contributed by atoms with Crippen LogP contribution in [0, 0.1) is 5.82 Å². The number of fused-ring (bicyclic) bond motifs is 1. The predicted molar refractivity (Wildman–Crippen MR) is 95.2 cm³/mol. The van der Waals surface area contributed by atoms with E-state index in [1.54, 1.807) is 11.1 Å². The fraction of sp³-hybridized carbons (Fsp3) is 0.421. The van der Waals surface area contributed by atoms with Crippen molar-refractivity contribution in [1.82, 2.24) is 14.9 Å². The molecular weight excluding hydrogens is 341 g/mol. The summed E-state index contributed by atoms with van der Waals surface area (Å²) in [6.45, 7) is 8.35. The molecule has 6 heteroatoms. The van der Waals surface area contributed by atoms with Crippen molar-refractivity contribution < 1.29 is 9.18 Å². The van der Waals surface area contributed by atoms with Gasteiger partial charge < -0.3 is 4.90 Å². The molecule has 2 heterocycles. The third-order valence-electron chi connectivity index (χ3n) is 4.40. The van der Waals surface area contributed by atoms with Gasteiger partial charge >= 0.3 is 0 Å². The number of rotatable bonds is 2. The maximum atomic E-state index is 13.5. The van der Waals surface area contributed by atoms with Crippen molar-refractivity contribution in [2.75, 3.05) is 0 Å². The molecule has 0 radical (unpaired) electrons. The third-order valence-corrected chi connectivity index (χ3v) is 4.77. The van der Waals surface area contributed by atoms with E-state index in [4.69, 9.17) is 11.6 Å². The first-order chi connectivity index (χ1) is 11.7. The van der Waals surface area contributed by atoms with E-state index in [1.807, 2.05) is 27.7 Å². The Kier molecular flexibility index (Phi) is 4.54. The summed E-state index contributed by atoms with van der Waals surface area (Å²) >= 11 is 6.15. The normalized spacial score (nSPS) is 17.6. The van der Waals surface area contributed by atoms with Gasteiger partial charge in [0.1, 0.15) is 11.6 Å². The number of nitrogens with zero attached hydrogens (tertiary/aromatic N) is 3. The van der Waals surface area contributed by atoms with Gasteiger partial charge in [0.2, 0.25) is 0 Å². The van der Waals surface area contributed by atoms with E-state index in [0.29, 0.717) is 22.6 Å². The molecule has 132 valence electrons. The second kappa shape index (κ2) is 6.37. The molecule has 1 aliphatic heterocycles. The van der Waals surface area contributed by atoms with Crippen LogP contribution in [0.1, 0.15) is 55.1 Å². The van der Waals surface area contributed by atoms with Crippen LogP contribution in [0.25, 0.3) is 0 Å². The molecule has 0 saturated heterocycles. The van der Waals surface area contributed by atoms with Gasteiger partial charge in [-0.15, -0.1) is 0 Å².